The molecule has 0 radical (unpaired) electrons. The number of carbonyl (C=O) groups excluding carboxylic acids is 1. The molecule has 8 nitrogen and oxygen atoms in total. The third-order valence-electron chi connectivity index (χ3n) is 5.82. The molecule has 1 aromatic heterocycles. The number of aliphatic hydroxyl groups is 1. The number of hydrogen-bond donors (Lipinski definition) is 2. The molecule has 1 saturated heterocycles. The molecule has 3 aromatic rings. The first kappa shape index (κ1) is 25.6. The van der Waals surface area contributed by atoms with Crippen LogP contribution in [0, 0.1) is 0 Å². The van der Waals surface area contributed by atoms with E-state index in [0.29, 0.717) is 32.0 Å². The minimum absolute atomic E-state index is 0.0173. The van der Waals surface area contributed by atoms with Gasteiger partial charge in [0.2, 0.25) is 0 Å². The van der Waals surface area contributed by atoms with Gasteiger partial charge in [-0.25, -0.2) is 14.8 Å². The third-order valence-corrected chi connectivity index (χ3v) is 5.82. The van der Waals surface area contributed by atoms with Gasteiger partial charge in [0.05, 0.1) is 25.5 Å². The van der Waals surface area contributed by atoms with Crippen LogP contribution in [0.2, 0.25) is 0 Å². The summed E-state index contributed by atoms with van der Waals surface area (Å²) in [5, 5.41) is 12.7. The van der Waals surface area contributed by atoms with E-state index in [2.05, 4.69) is 27.3 Å². The summed E-state index contributed by atoms with van der Waals surface area (Å²) in [7, 11) is 0. The van der Waals surface area contributed by atoms with Gasteiger partial charge in [0.15, 0.2) is 0 Å². The largest absolute Gasteiger partial charge is 0.444 e. The van der Waals surface area contributed by atoms with Gasteiger partial charge in [0, 0.05) is 49.1 Å². The summed E-state index contributed by atoms with van der Waals surface area (Å²) < 4.78 is 10.7. The lowest BCUT2D eigenvalue weighted by Crippen LogP contribution is -2.36. The summed E-state index contributed by atoms with van der Waals surface area (Å²) in [5.74, 6) is 0.714. The Morgan fingerprint density at radius 1 is 1.08 bits per heavy atom. The lowest BCUT2D eigenvalue weighted by molar-refractivity contribution is 0.0523. The zero-order chi connectivity index (χ0) is 25.5. The number of hydrogen-bond acceptors (Lipinski definition) is 7. The molecule has 36 heavy (non-hydrogen) atoms. The smallest absolute Gasteiger partial charge is 0.407 e. The fourth-order valence-electron chi connectivity index (χ4n) is 4.10. The Hall–Kier alpha value is -3.49. The molecule has 4 rings (SSSR count). The molecular formula is C28H34N4O4. The Labute approximate surface area is 212 Å². The van der Waals surface area contributed by atoms with E-state index in [1.807, 2.05) is 57.2 Å². The number of amides is 1. The van der Waals surface area contributed by atoms with Crippen LogP contribution in [-0.2, 0) is 29.0 Å². The number of benzene rings is 2. The highest BCUT2D eigenvalue weighted by Gasteiger charge is 2.16. The normalized spacial score (nSPS) is 13.9. The van der Waals surface area contributed by atoms with E-state index in [4.69, 9.17) is 14.5 Å². The highest BCUT2D eigenvalue weighted by molar-refractivity contribution is 5.67. The minimum Gasteiger partial charge on any atom is -0.444 e. The van der Waals surface area contributed by atoms with Crippen LogP contribution in [0.15, 0.2) is 54.7 Å². The monoisotopic (exact) mass is 490 g/mol. The van der Waals surface area contributed by atoms with Crippen molar-refractivity contribution in [2.75, 3.05) is 31.2 Å². The SMILES string of the molecule is CC(C)(C)OC(=O)NCc1ccc(-c2ccnc(Cc3ccc(N4CCOCC4)c(CO)c3)n2)cc1. The van der Waals surface area contributed by atoms with Gasteiger partial charge in [-0.1, -0.05) is 36.4 Å². The molecule has 0 aliphatic carbocycles. The fraction of sp³-hybridized carbons (Fsp3) is 0.393. The number of nitrogens with one attached hydrogen (secondary N) is 1. The van der Waals surface area contributed by atoms with Gasteiger partial charge in [0.25, 0.3) is 0 Å². The quantitative estimate of drug-likeness (QED) is 0.515. The lowest BCUT2D eigenvalue weighted by Gasteiger charge is -2.30. The number of ether oxygens (including phenoxy) is 2. The molecule has 190 valence electrons. The van der Waals surface area contributed by atoms with Gasteiger partial charge >= 0.3 is 6.09 Å². The van der Waals surface area contributed by atoms with Crippen LogP contribution in [0.3, 0.4) is 0 Å². The second kappa shape index (κ2) is 11.5. The van der Waals surface area contributed by atoms with E-state index >= 15 is 0 Å². The van der Waals surface area contributed by atoms with Gasteiger partial charge in [-0.2, -0.15) is 0 Å². The summed E-state index contributed by atoms with van der Waals surface area (Å²) in [6.07, 6.45) is 1.90. The first-order valence-corrected chi connectivity index (χ1v) is 12.2. The van der Waals surface area contributed by atoms with Crippen molar-refractivity contribution in [2.45, 2.75) is 45.9 Å². The molecular weight excluding hydrogens is 456 g/mol. The Balaban J connectivity index is 1.41. The number of aromatic nitrogens is 2. The van der Waals surface area contributed by atoms with Crippen LogP contribution in [0.5, 0.6) is 0 Å². The van der Waals surface area contributed by atoms with Crippen LogP contribution in [0.25, 0.3) is 11.3 Å². The van der Waals surface area contributed by atoms with Crippen LogP contribution in [0.1, 0.15) is 43.3 Å². The number of rotatable bonds is 7. The zero-order valence-corrected chi connectivity index (χ0v) is 21.2. The molecule has 1 aliphatic heterocycles. The molecule has 0 atom stereocenters. The molecule has 8 heteroatoms. The Kier molecular flexibility index (Phi) is 8.18. The second-order valence-electron chi connectivity index (χ2n) is 9.81. The number of nitrogens with zero attached hydrogens (tertiary/aromatic N) is 3. The molecule has 0 unspecified atom stereocenters. The summed E-state index contributed by atoms with van der Waals surface area (Å²) in [4.78, 5) is 23.3. The van der Waals surface area contributed by atoms with Crippen LogP contribution in [0.4, 0.5) is 10.5 Å². The van der Waals surface area contributed by atoms with Crippen molar-refractivity contribution in [3.63, 3.8) is 0 Å². The summed E-state index contributed by atoms with van der Waals surface area (Å²) in [5.41, 5.74) is 5.26. The molecule has 2 N–H and O–H groups in total. The van der Waals surface area contributed by atoms with E-state index < -0.39 is 11.7 Å². The number of anilines is 1. The summed E-state index contributed by atoms with van der Waals surface area (Å²) >= 11 is 0. The summed E-state index contributed by atoms with van der Waals surface area (Å²) in [6.45, 7) is 8.94. The van der Waals surface area contributed by atoms with Crippen molar-refractivity contribution < 1.29 is 19.4 Å². The molecule has 1 fully saturated rings. The lowest BCUT2D eigenvalue weighted by atomic mass is 10.0. The fourth-order valence-corrected chi connectivity index (χ4v) is 4.10. The Morgan fingerprint density at radius 2 is 1.81 bits per heavy atom. The third kappa shape index (κ3) is 7.02. The van der Waals surface area contributed by atoms with E-state index in [9.17, 15) is 9.90 Å². The van der Waals surface area contributed by atoms with Crippen LogP contribution in [-0.4, -0.2) is 53.1 Å². The number of carbonyl (C=O) groups is 1. The van der Waals surface area contributed by atoms with Crippen molar-refractivity contribution in [2.24, 2.45) is 0 Å². The van der Waals surface area contributed by atoms with Gasteiger partial charge in [0.1, 0.15) is 11.4 Å². The average molecular weight is 491 g/mol. The molecule has 1 amide bonds. The molecule has 2 heterocycles. The Morgan fingerprint density at radius 3 is 2.50 bits per heavy atom. The predicted molar refractivity (Wildman–Crippen MR) is 139 cm³/mol. The van der Waals surface area contributed by atoms with Crippen molar-refractivity contribution in [1.29, 1.82) is 0 Å². The molecule has 2 aromatic carbocycles. The predicted octanol–water partition coefficient (Wildman–Crippen LogP) is 4.09. The van der Waals surface area contributed by atoms with Gasteiger partial charge < -0.3 is 24.8 Å². The minimum atomic E-state index is -0.525. The maximum absolute atomic E-state index is 11.9. The first-order chi connectivity index (χ1) is 17.3. The van der Waals surface area contributed by atoms with Crippen molar-refractivity contribution in [3.05, 3.63) is 77.2 Å². The van der Waals surface area contributed by atoms with E-state index in [1.165, 1.54) is 0 Å². The number of aliphatic hydroxyl groups excluding tert-OH is 1. The van der Waals surface area contributed by atoms with Gasteiger partial charge in [-0.15, -0.1) is 0 Å². The molecule has 1 aliphatic rings. The van der Waals surface area contributed by atoms with Crippen molar-refractivity contribution >= 4 is 11.8 Å². The van der Waals surface area contributed by atoms with Crippen LogP contribution < -0.4 is 10.2 Å². The summed E-state index contributed by atoms with van der Waals surface area (Å²) in [6, 6.07) is 16.0. The highest BCUT2D eigenvalue weighted by Crippen LogP contribution is 2.25. The number of alkyl carbamates (subject to hydrolysis) is 1. The number of morpholine rings is 1. The standard InChI is InChI=1S/C28H34N4O4/c1-28(2,3)36-27(34)30-18-20-4-7-22(8-5-20)24-10-11-29-26(31-24)17-21-6-9-25(23(16-21)19-33)32-12-14-35-15-13-32/h4-11,16,33H,12-15,17-19H2,1-3H3,(H,30,34). The van der Waals surface area contributed by atoms with Gasteiger partial charge in [-0.05, 0) is 44.0 Å². The van der Waals surface area contributed by atoms with E-state index in [-0.39, 0.29) is 6.61 Å². The van der Waals surface area contributed by atoms with Crippen LogP contribution >= 0.6 is 0 Å². The Bertz CT molecular complexity index is 1170. The van der Waals surface area contributed by atoms with Gasteiger partial charge in [-0.3, -0.25) is 0 Å². The van der Waals surface area contributed by atoms with Crippen molar-refractivity contribution in [3.8, 4) is 11.3 Å². The van der Waals surface area contributed by atoms with Crippen molar-refractivity contribution in [1.82, 2.24) is 15.3 Å². The maximum Gasteiger partial charge on any atom is 0.407 e. The zero-order valence-electron chi connectivity index (χ0n) is 21.2. The first-order valence-electron chi connectivity index (χ1n) is 12.2. The molecule has 0 saturated carbocycles. The van der Waals surface area contributed by atoms with E-state index in [1.54, 1.807) is 6.20 Å². The average Bonchev–Trinajstić information content (AvgIpc) is 2.87. The maximum atomic E-state index is 11.9. The topological polar surface area (TPSA) is 96.8 Å². The van der Waals surface area contributed by atoms with E-state index in [0.717, 1.165) is 46.7 Å². The second-order valence-corrected chi connectivity index (χ2v) is 9.81. The molecule has 0 bridgehead atoms. The molecule has 0 spiro atoms. The highest BCUT2D eigenvalue weighted by atomic mass is 16.6.